The topological polar surface area (TPSA) is 12.9 Å². The molecule has 0 saturated heterocycles. The Labute approximate surface area is 171 Å². The lowest BCUT2D eigenvalue weighted by atomic mass is 9.79. The maximum atomic E-state index is 5.08. The zero-order valence-electron chi connectivity index (χ0n) is 14.4. The van der Waals surface area contributed by atoms with Gasteiger partial charge < -0.3 is 0 Å². The van der Waals surface area contributed by atoms with Crippen LogP contribution in [0, 0.1) is 5.92 Å². The first-order valence-electron chi connectivity index (χ1n) is 8.85. The van der Waals surface area contributed by atoms with Crippen LogP contribution in [0.25, 0.3) is 26.9 Å². The van der Waals surface area contributed by atoms with Crippen LogP contribution in [-0.4, -0.2) is 8.41 Å². The molecule has 128 valence electrons. The lowest BCUT2D eigenvalue weighted by molar-refractivity contribution is 0.707. The Morgan fingerprint density at radius 1 is 1.00 bits per heavy atom. The van der Waals surface area contributed by atoms with E-state index < -0.39 is 0 Å². The molecule has 1 aromatic heterocycles. The number of benzene rings is 2. The third kappa shape index (κ3) is 2.78. The first-order valence-corrected chi connectivity index (χ1v) is 10.7. The Morgan fingerprint density at radius 2 is 1.81 bits per heavy atom. The van der Waals surface area contributed by atoms with Gasteiger partial charge in [-0.15, -0.1) is 11.3 Å². The molecule has 3 atom stereocenters. The van der Waals surface area contributed by atoms with Gasteiger partial charge in [0.1, 0.15) is 5.01 Å². The average Bonchev–Trinajstić information content (AvgIpc) is 3.03. The Bertz CT molecular complexity index is 1070. The molecule has 2 aliphatic rings. The minimum atomic E-state index is 0.0777. The smallest absolute Gasteiger partial charge is 0.124 e. The summed E-state index contributed by atoms with van der Waals surface area (Å²) in [5.74, 6) is 0.764. The normalized spacial score (nSPS) is 26.5. The van der Waals surface area contributed by atoms with Gasteiger partial charge in [-0.1, -0.05) is 95.4 Å². The lowest BCUT2D eigenvalue weighted by Crippen LogP contribution is -2.11. The summed E-state index contributed by atoms with van der Waals surface area (Å²) in [6.45, 7) is 2.25. The molecule has 3 heteroatoms. The van der Waals surface area contributed by atoms with Crippen molar-refractivity contribution in [3.63, 3.8) is 0 Å². The molecule has 0 radical (unpaired) electrons. The Balaban J connectivity index is 1.71. The van der Waals surface area contributed by atoms with E-state index >= 15 is 0 Å². The molecule has 1 heterocycles. The molecule has 0 bridgehead atoms. The molecule has 2 unspecified atom stereocenters. The summed E-state index contributed by atoms with van der Waals surface area (Å²) in [7, 11) is 0. The molecule has 0 fully saturated rings. The number of hydrogen-bond acceptors (Lipinski definition) is 2. The highest BCUT2D eigenvalue weighted by molar-refractivity contribution is 14.1. The highest BCUT2D eigenvalue weighted by atomic mass is 127. The van der Waals surface area contributed by atoms with Crippen molar-refractivity contribution in [3.05, 3.63) is 84.0 Å². The largest absolute Gasteiger partial charge is 0.236 e. The van der Waals surface area contributed by atoms with Crippen molar-refractivity contribution >= 4 is 50.2 Å². The summed E-state index contributed by atoms with van der Waals surface area (Å²) < 4.78 is 1.35. The zero-order chi connectivity index (χ0) is 17.7. The number of halogens is 1. The van der Waals surface area contributed by atoms with Gasteiger partial charge in [0.05, 0.1) is 13.6 Å². The highest BCUT2D eigenvalue weighted by Gasteiger charge is 2.29. The van der Waals surface area contributed by atoms with Crippen molar-refractivity contribution < 1.29 is 0 Å². The van der Waals surface area contributed by atoms with E-state index in [1.54, 1.807) is 11.3 Å². The van der Waals surface area contributed by atoms with Crippen molar-refractivity contribution in [2.45, 2.75) is 16.3 Å². The number of allylic oxidation sites excluding steroid dienone is 5. The number of aromatic nitrogens is 1. The van der Waals surface area contributed by atoms with E-state index in [1.165, 1.54) is 26.9 Å². The minimum absolute atomic E-state index is 0.0777. The predicted molar refractivity (Wildman–Crippen MR) is 121 cm³/mol. The zero-order valence-corrected chi connectivity index (χ0v) is 17.4. The van der Waals surface area contributed by atoms with Gasteiger partial charge in [0.15, 0.2) is 0 Å². The van der Waals surface area contributed by atoms with Gasteiger partial charge >= 0.3 is 0 Å². The van der Waals surface area contributed by atoms with Crippen LogP contribution in [0.15, 0.2) is 72.8 Å². The van der Waals surface area contributed by atoms with Crippen LogP contribution in [0.2, 0.25) is 0 Å². The van der Waals surface area contributed by atoms with Crippen molar-refractivity contribution in [2.24, 2.45) is 5.92 Å². The van der Waals surface area contributed by atoms with Crippen molar-refractivity contribution in [1.29, 1.82) is 0 Å². The van der Waals surface area contributed by atoms with Crippen LogP contribution in [0.1, 0.15) is 24.0 Å². The van der Waals surface area contributed by atoms with Gasteiger partial charge in [-0.25, -0.2) is 4.98 Å². The standard InChI is InChI=1S/C23H18INS/c1-23(24)13-11-15-7-8-16-9-10-19-21(20(16)18(15)12-14-23)25-22(26-19)17-5-3-2-4-6-17/h2-15,18H,1H3/t15-,18?,23?/m0/s1. The second-order valence-corrected chi connectivity index (χ2v) is 10.5. The summed E-state index contributed by atoms with van der Waals surface area (Å²) in [6.07, 6.45) is 14.0. The molecule has 2 aliphatic carbocycles. The molecule has 0 amide bonds. The number of rotatable bonds is 1. The molecule has 0 saturated carbocycles. The maximum Gasteiger partial charge on any atom is 0.124 e. The molecule has 26 heavy (non-hydrogen) atoms. The number of nitrogens with zero attached hydrogens (tertiary/aromatic N) is 1. The van der Waals surface area contributed by atoms with Gasteiger partial charge in [-0.3, -0.25) is 0 Å². The molecule has 3 aromatic rings. The fourth-order valence-corrected chi connectivity index (χ4v) is 5.21. The Kier molecular flexibility index (Phi) is 3.90. The third-order valence-corrected chi connectivity index (χ3v) is 6.96. The summed E-state index contributed by atoms with van der Waals surface area (Å²) in [4.78, 5) is 5.08. The monoisotopic (exact) mass is 467 g/mol. The van der Waals surface area contributed by atoms with Gasteiger partial charge in [-0.05, 0) is 24.1 Å². The van der Waals surface area contributed by atoms with Crippen LogP contribution >= 0.6 is 33.9 Å². The summed E-state index contributed by atoms with van der Waals surface area (Å²) in [6, 6.07) is 15.0. The molecule has 0 aliphatic heterocycles. The Hall–Kier alpha value is -1.72. The highest BCUT2D eigenvalue weighted by Crippen LogP contribution is 2.44. The van der Waals surface area contributed by atoms with E-state index in [0.29, 0.717) is 11.8 Å². The summed E-state index contributed by atoms with van der Waals surface area (Å²) in [5, 5.41) is 1.10. The van der Waals surface area contributed by atoms with Crippen LogP contribution in [0.3, 0.4) is 0 Å². The first-order chi connectivity index (χ1) is 12.6. The predicted octanol–water partition coefficient (Wildman–Crippen LogP) is 7.01. The number of thiazole rings is 1. The van der Waals surface area contributed by atoms with Crippen molar-refractivity contribution in [2.75, 3.05) is 0 Å². The third-order valence-electron chi connectivity index (χ3n) is 5.17. The van der Waals surface area contributed by atoms with Gasteiger partial charge in [-0.2, -0.15) is 0 Å². The van der Waals surface area contributed by atoms with Crippen LogP contribution in [0.4, 0.5) is 0 Å². The second-order valence-electron chi connectivity index (χ2n) is 7.13. The molecule has 5 rings (SSSR count). The van der Waals surface area contributed by atoms with Crippen molar-refractivity contribution in [1.82, 2.24) is 4.98 Å². The van der Waals surface area contributed by atoms with Gasteiger partial charge in [0.2, 0.25) is 0 Å². The van der Waals surface area contributed by atoms with Crippen LogP contribution < -0.4 is 0 Å². The molecule has 0 spiro atoms. The molecule has 2 aromatic carbocycles. The van der Waals surface area contributed by atoms with E-state index in [4.69, 9.17) is 4.98 Å². The lowest BCUT2D eigenvalue weighted by Gasteiger charge is -2.25. The number of alkyl halides is 1. The molecular weight excluding hydrogens is 449 g/mol. The number of fused-ring (bicyclic) bond motifs is 5. The summed E-state index contributed by atoms with van der Waals surface area (Å²) >= 11 is 4.30. The van der Waals surface area contributed by atoms with E-state index in [-0.39, 0.29) is 3.42 Å². The van der Waals surface area contributed by atoms with Gasteiger partial charge in [0, 0.05) is 17.4 Å². The fraction of sp³-hybridized carbons (Fsp3) is 0.174. The molecule has 1 nitrogen and oxygen atoms in total. The number of hydrogen-bond donors (Lipinski definition) is 0. The Morgan fingerprint density at radius 3 is 2.65 bits per heavy atom. The van der Waals surface area contributed by atoms with E-state index in [1.807, 2.05) is 0 Å². The maximum absolute atomic E-state index is 5.08. The average molecular weight is 467 g/mol. The van der Waals surface area contributed by atoms with Crippen LogP contribution in [-0.2, 0) is 0 Å². The van der Waals surface area contributed by atoms with Crippen molar-refractivity contribution in [3.8, 4) is 10.6 Å². The fourth-order valence-electron chi connectivity index (χ4n) is 3.81. The quantitative estimate of drug-likeness (QED) is 0.213. The van der Waals surface area contributed by atoms with E-state index in [2.05, 4.69) is 108 Å². The minimum Gasteiger partial charge on any atom is -0.236 e. The molecular formula is C23H18INS. The SMILES string of the molecule is CC1(I)C=CC2c3c(ccc4sc(-c5ccccc5)nc34)C=C[C@H]2C=C1. The molecule has 0 N–H and O–H groups in total. The van der Waals surface area contributed by atoms with E-state index in [9.17, 15) is 0 Å². The van der Waals surface area contributed by atoms with E-state index in [0.717, 1.165) is 5.01 Å². The van der Waals surface area contributed by atoms with Gasteiger partial charge in [0.25, 0.3) is 0 Å². The van der Waals surface area contributed by atoms with Crippen LogP contribution in [0.5, 0.6) is 0 Å². The first kappa shape index (κ1) is 16.5. The second kappa shape index (κ2) is 6.17. The summed E-state index contributed by atoms with van der Waals surface area (Å²) in [5.41, 5.74) is 5.05.